The molecule has 2 amide bonds. The van der Waals surface area contributed by atoms with E-state index < -0.39 is 17.8 Å². The molecule has 0 aliphatic carbocycles. The summed E-state index contributed by atoms with van der Waals surface area (Å²) in [5, 5.41) is 12.9. The van der Waals surface area contributed by atoms with Crippen LogP contribution in [0.1, 0.15) is 33.6 Å². The number of ether oxygens (including phenoxy) is 4. The maximum atomic E-state index is 12.5. The van der Waals surface area contributed by atoms with E-state index in [0.29, 0.717) is 36.8 Å². The number of carbonyl (C=O) groups excluding carboxylic acids is 2. The van der Waals surface area contributed by atoms with Gasteiger partial charge >= 0.3 is 6.09 Å². The van der Waals surface area contributed by atoms with Crippen LogP contribution in [0.4, 0.5) is 4.79 Å². The highest BCUT2D eigenvalue weighted by Gasteiger charge is 2.31. The van der Waals surface area contributed by atoms with Gasteiger partial charge in [-0.25, -0.2) is 4.79 Å². The molecular formula is C21H30N2O7. The molecule has 1 aromatic rings. The van der Waals surface area contributed by atoms with Gasteiger partial charge in [0.15, 0.2) is 11.5 Å². The molecule has 2 heterocycles. The molecule has 2 aliphatic heterocycles. The first-order valence-corrected chi connectivity index (χ1v) is 10.2. The lowest BCUT2D eigenvalue weighted by Crippen LogP contribution is -2.48. The second kappa shape index (κ2) is 9.42. The zero-order valence-corrected chi connectivity index (χ0v) is 17.7. The van der Waals surface area contributed by atoms with E-state index in [1.807, 2.05) is 20.8 Å². The molecule has 2 aliphatic rings. The Hall–Kier alpha value is -2.68. The molecule has 1 aromatic carbocycles. The van der Waals surface area contributed by atoms with Crippen LogP contribution in [-0.2, 0) is 9.53 Å². The SMILES string of the molecule is CC(C)(C)OC(=O)N1CCCC(C(=O)NCC(O)COc2ccc3c(c2)OCO3)C1. The number of hydrogen-bond acceptors (Lipinski definition) is 7. The van der Waals surface area contributed by atoms with Crippen LogP contribution in [0.5, 0.6) is 17.2 Å². The molecule has 2 atom stereocenters. The van der Waals surface area contributed by atoms with E-state index in [9.17, 15) is 14.7 Å². The quantitative estimate of drug-likeness (QED) is 0.721. The van der Waals surface area contributed by atoms with Gasteiger partial charge in [0.25, 0.3) is 0 Å². The molecule has 3 rings (SSSR count). The summed E-state index contributed by atoms with van der Waals surface area (Å²) < 4.78 is 21.5. The largest absolute Gasteiger partial charge is 0.491 e. The zero-order valence-electron chi connectivity index (χ0n) is 17.7. The normalized spacial score (nSPS) is 19.2. The molecule has 1 saturated heterocycles. The lowest BCUT2D eigenvalue weighted by molar-refractivity contribution is -0.127. The van der Waals surface area contributed by atoms with Crippen LogP contribution in [-0.4, -0.2) is 66.7 Å². The number of rotatable bonds is 6. The van der Waals surface area contributed by atoms with Crippen LogP contribution in [0.25, 0.3) is 0 Å². The summed E-state index contributed by atoms with van der Waals surface area (Å²) in [5.74, 6) is 1.29. The topological polar surface area (TPSA) is 107 Å². The molecule has 0 aromatic heterocycles. The first-order chi connectivity index (χ1) is 14.2. The summed E-state index contributed by atoms with van der Waals surface area (Å²) in [6, 6.07) is 5.17. The second-order valence-corrected chi connectivity index (χ2v) is 8.49. The Morgan fingerprint density at radius 3 is 2.83 bits per heavy atom. The Bertz CT molecular complexity index is 762. The van der Waals surface area contributed by atoms with Gasteiger partial charge in [0.05, 0.1) is 5.92 Å². The fourth-order valence-corrected chi connectivity index (χ4v) is 3.26. The fourth-order valence-electron chi connectivity index (χ4n) is 3.26. The van der Waals surface area contributed by atoms with Crippen LogP contribution in [0.15, 0.2) is 18.2 Å². The molecule has 0 bridgehead atoms. The Morgan fingerprint density at radius 1 is 1.30 bits per heavy atom. The third kappa shape index (κ3) is 6.16. The van der Waals surface area contributed by atoms with Crippen molar-refractivity contribution in [3.05, 3.63) is 18.2 Å². The van der Waals surface area contributed by atoms with Gasteiger partial charge in [0.1, 0.15) is 24.1 Å². The van der Waals surface area contributed by atoms with E-state index in [1.54, 1.807) is 23.1 Å². The molecule has 1 fully saturated rings. The summed E-state index contributed by atoms with van der Waals surface area (Å²) in [6.45, 7) is 6.58. The van der Waals surface area contributed by atoms with Crippen LogP contribution < -0.4 is 19.5 Å². The smallest absolute Gasteiger partial charge is 0.410 e. The van der Waals surface area contributed by atoms with Crippen molar-refractivity contribution in [1.29, 1.82) is 0 Å². The monoisotopic (exact) mass is 422 g/mol. The van der Waals surface area contributed by atoms with E-state index in [-0.39, 0.29) is 31.8 Å². The van der Waals surface area contributed by atoms with E-state index in [2.05, 4.69) is 5.32 Å². The average Bonchev–Trinajstić information content (AvgIpc) is 3.17. The maximum absolute atomic E-state index is 12.5. The standard InChI is InChI=1S/C21H30N2O7/c1-21(2,3)30-20(26)23-8-4-5-14(11-23)19(25)22-10-15(24)12-27-16-6-7-17-18(9-16)29-13-28-17/h6-7,9,14-15,24H,4-5,8,10-13H2,1-3H3,(H,22,25). The number of amides is 2. The van der Waals surface area contributed by atoms with E-state index in [4.69, 9.17) is 18.9 Å². The summed E-state index contributed by atoms with van der Waals surface area (Å²) in [6.07, 6.45) is 0.143. The van der Waals surface area contributed by atoms with Crippen molar-refractivity contribution in [1.82, 2.24) is 10.2 Å². The summed E-state index contributed by atoms with van der Waals surface area (Å²) in [7, 11) is 0. The molecule has 0 saturated carbocycles. The van der Waals surface area contributed by atoms with Crippen molar-refractivity contribution < 1.29 is 33.6 Å². The number of aliphatic hydroxyl groups excluding tert-OH is 1. The number of carbonyl (C=O) groups is 2. The van der Waals surface area contributed by atoms with Gasteiger partial charge in [-0.15, -0.1) is 0 Å². The average molecular weight is 422 g/mol. The predicted octanol–water partition coefficient (Wildman–Crippen LogP) is 1.92. The lowest BCUT2D eigenvalue weighted by atomic mass is 9.97. The number of aliphatic hydroxyl groups is 1. The van der Waals surface area contributed by atoms with Gasteiger partial charge in [-0.05, 0) is 45.7 Å². The fraction of sp³-hybridized carbons (Fsp3) is 0.619. The number of benzene rings is 1. The molecule has 0 spiro atoms. The van der Waals surface area contributed by atoms with Gasteiger partial charge in [0.2, 0.25) is 12.7 Å². The number of piperidine rings is 1. The van der Waals surface area contributed by atoms with Gasteiger partial charge in [-0.3, -0.25) is 4.79 Å². The Labute approximate surface area is 176 Å². The molecule has 9 nitrogen and oxygen atoms in total. The Morgan fingerprint density at radius 2 is 2.07 bits per heavy atom. The minimum Gasteiger partial charge on any atom is -0.491 e. The number of hydrogen-bond donors (Lipinski definition) is 2. The van der Waals surface area contributed by atoms with Crippen LogP contribution in [0, 0.1) is 5.92 Å². The second-order valence-electron chi connectivity index (χ2n) is 8.49. The molecule has 2 unspecified atom stereocenters. The highest BCUT2D eigenvalue weighted by Crippen LogP contribution is 2.35. The van der Waals surface area contributed by atoms with E-state index in [1.165, 1.54) is 0 Å². The maximum Gasteiger partial charge on any atom is 0.410 e. The van der Waals surface area contributed by atoms with Crippen molar-refractivity contribution in [2.45, 2.75) is 45.3 Å². The molecule has 0 radical (unpaired) electrons. The van der Waals surface area contributed by atoms with Crippen molar-refractivity contribution in [3.8, 4) is 17.2 Å². The first-order valence-electron chi connectivity index (χ1n) is 10.2. The molecular weight excluding hydrogens is 392 g/mol. The van der Waals surface area contributed by atoms with Crippen molar-refractivity contribution >= 4 is 12.0 Å². The summed E-state index contributed by atoms with van der Waals surface area (Å²) in [4.78, 5) is 26.3. The third-order valence-electron chi connectivity index (χ3n) is 4.74. The van der Waals surface area contributed by atoms with Crippen molar-refractivity contribution in [2.24, 2.45) is 5.92 Å². The summed E-state index contributed by atoms with van der Waals surface area (Å²) in [5.41, 5.74) is -0.575. The number of nitrogens with one attached hydrogen (secondary N) is 1. The minimum atomic E-state index is -0.870. The van der Waals surface area contributed by atoms with Gasteiger partial charge < -0.3 is 34.3 Å². The van der Waals surface area contributed by atoms with E-state index >= 15 is 0 Å². The Balaban J connectivity index is 1.40. The molecule has 166 valence electrons. The van der Waals surface area contributed by atoms with Gasteiger partial charge in [-0.2, -0.15) is 0 Å². The van der Waals surface area contributed by atoms with Crippen LogP contribution >= 0.6 is 0 Å². The van der Waals surface area contributed by atoms with E-state index in [0.717, 1.165) is 6.42 Å². The number of nitrogens with zero attached hydrogens (tertiary/aromatic N) is 1. The predicted molar refractivity (Wildman–Crippen MR) is 108 cm³/mol. The summed E-state index contributed by atoms with van der Waals surface area (Å²) >= 11 is 0. The van der Waals surface area contributed by atoms with Crippen molar-refractivity contribution in [2.75, 3.05) is 33.0 Å². The molecule has 9 heteroatoms. The highest BCUT2D eigenvalue weighted by atomic mass is 16.7. The van der Waals surface area contributed by atoms with Crippen LogP contribution in [0.3, 0.4) is 0 Å². The van der Waals surface area contributed by atoms with Gasteiger partial charge in [0, 0.05) is 25.7 Å². The van der Waals surface area contributed by atoms with Crippen molar-refractivity contribution in [3.63, 3.8) is 0 Å². The number of fused-ring (bicyclic) bond motifs is 1. The lowest BCUT2D eigenvalue weighted by Gasteiger charge is -2.33. The minimum absolute atomic E-state index is 0.0224. The number of likely N-dealkylation sites (tertiary alicyclic amines) is 1. The molecule has 2 N–H and O–H groups in total. The van der Waals surface area contributed by atoms with Gasteiger partial charge in [-0.1, -0.05) is 0 Å². The third-order valence-corrected chi connectivity index (χ3v) is 4.74. The molecule has 30 heavy (non-hydrogen) atoms. The van der Waals surface area contributed by atoms with Crippen LogP contribution in [0.2, 0.25) is 0 Å². The Kier molecular flexibility index (Phi) is 6.91. The zero-order chi connectivity index (χ0) is 21.7. The highest BCUT2D eigenvalue weighted by molar-refractivity contribution is 5.80. The first kappa shape index (κ1) is 22.0.